The van der Waals surface area contributed by atoms with Gasteiger partial charge in [-0.15, -0.1) is 0 Å². The van der Waals surface area contributed by atoms with Crippen LogP contribution in [-0.4, -0.2) is 105 Å². The summed E-state index contributed by atoms with van der Waals surface area (Å²) in [6.45, 7) is 6.49. The number of carbonyl (C=O) groups is 2. The van der Waals surface area contributed by atoms with E-state index in [0.717, 1.165) is 57.7 Å². The number of piperazine rings is 1. The number of carbonyl (C=O) groups excluding carboxylic acids is 2. The zero-order valence-electron chi connectivity index (χ0n) is 19.1. The first kappa shape index (κ1) is 23.3. The maximum Gasteiger partial charge on any atom is 0.236 e. The number of piperidine rings is 1. The van der Waals surface area contributed by atoms with Crippen LogP contribution in [0.1, 0.15) is 24.8 Å². The highest BCUT2D eigenvalue weighted by molar-refractivity contribution is 5.78. The van der Waals surface area contributed by atoms with Gasteiger partial charge >= 0.3 is 0 Å². The van der Waals surface area contributed by atoms with Crippen LogP contribution in [0.15, 0.2) is 18.2 Å². The number of nitrogens with zero attached hydrogens (tertiary/aromatic N) is 4. The average Bonchev–Trinajstić information content (AvgIpc) is 2.80. The van der Waals surface area contributed by atoms with Gasteiger partial charge in [-0.3, -0.25) is 19.4 Å². The molecule has 0 aliphatic carbocycles. The minimum absolute atomic E-state index is 0.0904. The molecule has 8 heteroatoms. The summed E-state index contributed by atoms with van der Waals surface area (Å²) in [5, 5.41) is 0. The lowest BCUT2D eigenvalue weighted by molar-refractivity contribution is -0.135. The zero-order valence-corrected chi connectivity index (χ0v) is 19.1. The number of methoxy groups -OCH3 is 2. The topological polar surface area (TPSA) is 65.6 Å². The van der Waals surface area contributed by atoms with Crippen LogP contribution in [0.2, 0.25) is 0 Å². The largest absolute Gasteiger partial charge is 0.493 e. The van der Waals surface area contributed by atoms with Gasteiger partial charge in [0.2, 0.25) is 11.8 Å². The van der Waals surface area contributed by atoms with Crippen molar-refractivity contribution >= 4 is 11.8 Å². The summed E-state index contributed by atoms with van der Waals surface area (Å²) in [4.78, 5) is 33.3. The molecule has 0 atom stereocenters. The van der Waals surface area contributed by atoms with Crippen LogP contribution in [0.4, 0.5) is 0 Å². The molecule has 172 valence electrons. The lowest BCUT2D eigenvalue weighted by Crippen LogP contribution is -2.52. The van der Waals surface area contributed by atoms with Crippen molar-refractivity contribution in [3.8, 4) is 11.5 Å². The van der Waals surface area contributed by atoms with Crippen molar-refractivity contribution < 1.29 is 19.1 Å². The van der Waals surface area contributed by atoms with Gasteiger partial charge in [-0.25, -0.2) is 0 Å². The molecule has 2 aliphatic rings. The van der Waals surface area contributed by atoms with E-state index in [1.54, 1.807) is 19.1 Å². The monoisotopic (exact) mass is 432 g/mol. The third-order valence-electron chi connectivity index (χ3n) is 6.18. The van der Waals surface area contributed by atoms with E-state index < -0.39 is 0 Å². The Labute approximate surface area is 185 Å². The first-order valence-electron chi connectivity index (χ1n) is 11.2. The van der Waals surface area contributed by atoms with Crippen LogP contribution >= 0.6 is 0 Å². The van der Waals surface area contributed by atoms with Crippen LogP contribution in [-0.2, 0) is 16.1 Å². The van der Waals surface area contributed by atoms with E-state index >= 15 is 0 Å². The van der Waals surface area contributed by atoms with E-state index in [4.69, 9.17) is 9.47 Å². The van der Waals surface area contributed by atoms with Crippen LogP contribution in [0, 0.1) is 0 Å². The van der Waals surface area contributed by atoms with Crippen molar-refractivity contribution in [2.75, 3.05) is 73.6 Å². The van der Waals surface area contributed by atoms with Gasteiger partial charge in [0.05, 0.1) is 27.3 Å². The predicted molar refractivity (Wildman–Crippen MR) is 119 cm³/mol. The van der Waals surface area contributed by atoms with Crippen molar-refractivity contribution in [1.29, 1.82) is 0 Å². The quantitative estimate of drug-likeness (QED) is 0.617. The van der Waals surface area contributed by atoms with Crippen molar-refractivity contribution in [3.63, 3.8) is 0 Å². The number of benzene rings is 1. The summed E-state index contributed by atoms with van der Waals surface area (Å²) in [6, 6.07) is 5.71. The van der Waals surface area contributed by atoms with E-state index in [1.165, 1.54) is 6.42 Å². The van der Waals surface area contributed by atoms with E-state index in [1.807, 2.05) is 30.1 Å². The Morgan fingerprint density at radius 1 is 0.871 bits per heavy atom. The molecular weight excluding hydrogens is 396 g/mol. The van der Waals surface area contributed by atoms with Crippen molar-refractivity contribution in [2.24, 2.45) is 0 Å². The molecule has 2 heterocycles. The summed E-state index contributed by atoms with van der Waals surface area (Å²) in [6.07, 6.45) is 3.48. The number of hydrogen-bond acceptors (Lipinski definition) is 6. The Morgan fingerprint density at radius 2 is 1.48 bits per heavy atom. The molecule has 3 rings (SSSR count). The summed E-state index contributed by atoms with van der Waals surface area (Å²) in [5.74, 6) is 1.68. The van der Waals surface area contributed by atoms with Gasteiger partial charge in [0.25, 0.3) is 0 Å². The highest BCUT2D eigenvalue weighted by atomic mass is 16.5. The number of hydrogen-bond donors (Lipinski definition) is 0. The molecule has 2 aliphatic heterocycles. The molecule has 0 unspecified atom stereocenters. The summed E-state index contributed by atoms with van der Waals surface area (Å²) in [7, 11) is 5.04. The molecule has 0 spiro atoms. The van der Waals surface area contributed by atoms with Gasteiger partial charge in [-0.1, -0.05) is 6.07 Å². The van der Waals surface area contributed by atoms with Crippen molar-refractivity contribution in [3.05, 3.63) is 23.8 Å². The van der Waals surface area contributed by atoms with E-state index in [9.17, 15) is 9.59 Å². The Bertz CT molecular complexity index is 743. The SMILES string of the molecule is COc1ccc(CN(C)C(=O)CN2CCN(CC(=O)N3CCCCC3)CC2)cc1OC. The van der Waals surface area contributed by atoms with Gasteiger partial charge in [-0.2, -0.15) is 0 Å². The maximum atomic E-state index is 12.7. The summed E-state index contributed by atoms with van der Waals surface area (Å²) >= 11 is 0. The fourth-order valence-electron chi connectivity index (χ4n) is 4.19. The van der Waals surface area contributed by atoms with Gasteiger partial charge in [0.15, 0.2) is 11.5 Å². The Kier molecular flexibility index (Phi) is 8.54. The average molecular weight is 433 g/mol. The van der Waals surface area contributed by atoms with E-state index in [0.29, 0.717) is 31.1 Å². The molecule has 8 nitrogen and oxygen atoms in total. The first-order chi connectivity index (χ1) is 15.0. The molecule has 0 aromatic heterocycles. The Balaban J connectivity index is 1.41. The fraction of sp³-hybridized carbons (Fsp3) is 0.652. The zero-order chi connectivity index (χ0) is 22.2. The highest BCUT2D eigenvalue weighted by Crippen LogP contribution is 2.28. The van der Waals surface area contributed by atoms with Crippen LogP contribution in [0.3, 0.4) is 0 Å². The molecule has 2 saturated heterocycles. The number of amides is 2. The van der Waals surface area contributed by atoms with Gasteiger partial charge < -0.3 is 19.3 Å². The Hall–Kier alpha value is -2.32. The molecule has 0 bridgehead atoms. The number of likely N-dealkylation sites (N-methyl/N-ethyl adjacent to an activating group) is 1. The van der Waals surface area contributed by atoms with E-state index in [-0.39, 0.29) is 11.8 Å². The molecular formula is C23H36N4O4. The molecule has 1 aromatic carbocycles. The Morgan fingerprint density at radius 3 is 2.10 bits per heavy atom. The predicted octanol–water partition coefficient (Wildman–Crippen LogP) is 1.29. The standard InChI is InChI=1S/C23H36N4O4/c1-24(16-19-7-8-20(30-2)21(15-19)31-3)22(28)17-25-11-13-26(14-12-25)18-23(29)27-9-5-4-6-10-27/h7-8,15H,4-6,9-14,16-18H2,1-3H3. The fourth-order valence-corrected chi connectivity index (χ4v) is 4.19. The van der Waals surface area contributed by atoms with Crippen LogP contribution < -0.4 is 9.47 Å². The smallest absolute Gasteiger partial charge is 0.236 e. The summed E-state index contributed by atoms with van der Waals surface area (Å²) in [5.41, 5.74) is 0.995. The van der Waals surface area contributed by atoms with Crippen LogP contribution in [0.25, 0.3) is 0 Å². The molecule has 2 amide bonds. The molecule has 31 heavy (non-hydrogen) atoms. The molecule has 0 N–H and O–H groups in total. The lowest BCUT2D eigenvalue weighted by atomic mass is 10.1. The second kappa shape index (κ2) is 11.3. The van der Waals surface area contributed by atoms with Crippen LogP contribution in [0.5, 0.6) is 11.5 Å². The highest BCUT2D eigenvalue weighted by Gasteiger charge is 2.24. The first-order valence-corrected chi connectivity index (χ1v) is 11.2. The molecule has 0 saturated carbocycles. The molecule has 2 fully saturated rings. The minimum Gasteiger partial charge on any atom is -0.493 e. The van der Waals surface area contributed by atoms with E-state index in [2.05, 4.69) is 9.80 Å². The third-order valence-corrected chi connectivity index (χ3v) is 6.18. The normalized spacial score (nSPS) is 18.0. The maximum absolute atomic E-state index is 12.7. The molecule has 1 aromatic rings. The minimum atomic E-state index is 0.0904. The third kappa shape index (κ3) is 6.58. The number of likely N-dealkylation sites (tertiary alicyclic amines) is 1. The van der Waals surface area contributed by atoms with Crippen molar-refractivity contribution in [1.82, 2.24) is 19.6 Å². The molecule has 0 radical (unpaired) electrons. The van der Waals surface area contributed by atoms with Gasteiger partial charge in [-0.05, 0) is 37.0 Å². The van der Waals surface area contributed by atoms with Gasteiger partial charge in [0, 0.05) is 52.9 Å². The second-order valence-electron chi connectivity index (χ2n) is 8.43. The van der Waals surface area contributed by atoms with Gasteiger partial charge in [0.1, 0.15) is 0 Å². The summed E-state index contributed by atoms with van der Waals surface area (Å²) < 4.78 is 10.6. The lowest BCUT2D eigenvalue weighted by Gasteiger charge is -2.36. The van der Waals surface area contributed by atoms with Crippen molar-refractivity contribution in [2.45, 2.75) is 25.8 Å². The number of rotatable bonds is 8. The number of ether oxygens (including phenoxy) is 2. The second-order valence-corrected chi connectivity index (χ2v) is 8.43.